The number of aliphatic imine (C=N–C) groups is 1. The van der Waals surface area contributed by atoms with Crippen LogP contribution in [0.1, 0.15) is 27.7 Å². The summed E-state index contributed by atoms with van der Waals surface area (Å²) in [5.74, 6) is 1.03. The Morgan fingerprint density at radius 3 is 2.76 bits per heavy atom. The van der Waals surface area contributed by atoms with Gasteiger partial charge < -0.3 is 14.2 Å². The number of rotatable bonds is 2. The Labute approximate surface area is 101 Å². The summed E-state index contributed by atoms with van der Waals surface area (Å²) >= 11 is 0. The third-order valence-electron chi connectivity index (χ3n) is 3.61. The van der Waals surface area contributed by atoms with Gasteiger partial charge in [0, 0.05) is 13.8 Å². The molecule has 0 aromatic heterocycles. The summed E-state index contributed by atoms with van der Waals surface area (Å²) in [6, 6.07) is 0.0681. The van der Waals surface area contributed by atoms with Crippen LogP contribution in [0.15, 0.2) is 4.99 Å². The summed E-state index contributed by atoms with van der Waals surface area (Å²) in [5.41, 5.74) is 0. The van der Waals surface area contributed by atoms with Crippen molar-refractivity contribution in [1.82, 2.24) is 0 Å². The first-order valence-electron chi connectivity index (χ1n) is 5.99. The van der Waals surface area contributed by atoms with Gasteiger partial charge in [-0.2, -0.15) is 0 Å². The van der Waals surface area contributed by atoms with Crippen LogP contribution < -0.4 is 0 Å². The number of carbonyl (C=O) groups excluding carboxylic acids is 1. The van der Waals surface area contributed by atoms with Crippen molar-refractivity contribution in [1.29, 1.82) is 0 Å². The van der Waals surface area contributed by atoms with Gasteiger partial charge in [-0.15, -0.1) is 0 Å². The largest absolute Gasteiger partial charge is 0.463 e. The molecule has 0 saturated carbocycles. The summed E-state index contributed by atoms with van der Waals surface area (Å²) in [4.78, 5) is 15.3. The second-order valence-electron chi connectivity index (χ2n) is 4.82. The van der Waals surface area contributed by atoms with Gasteiger partial charge in [-0.25, -0.2) is 4.99 Å². The highest BCUT2D eigenvalue weighted by molar-refractivity contribution is 5.75. The molecule has 1 saturated heterocycles. The van der Waals surface area contributed by atoms with Gasteiger partial charge in [0.05, 0.1) is 6.10 Å². The molecule has 2 rings (SSSR count). The first kappa shape index (κ1) is 12.4. The van der Waals surface area contributed by atoms with Crippen LogP contribution in [-0.2, 0) is 19.0 Å². The van der Waals surface area contributed by atoms with E-state index in [1.165, 1.54) is 6.92 Å². The van der Waals surface area contributed by atoms with Crippen LogP contribution in [0.2, 0.25) is 0 Å². The normalized spacial score (nSPS) is 40.2. The van der Waals surface area contributed by atoms with E-state index >= 15 is 0 Å². The van der Waals surface area contributed by atoms with Gasteiger partial charge in [-0.05, 0) is 11.8 Å². The first-order chi connectivity index (χ1) is 7.99. The SMILES string of the molecule is CC(=O)OCC1O[C@H]2OC(C)=NC2[C@@H](C)[C@@H]1C. The molecule has 2 aliphatic heterocycles. The zero-order chi connectivity index (χ0) is 12.6. The zero-order valence-corrected chi connectivity index (χ0v) is 10.7. The minimum absolute atomic E-state index is 0.0681. The molecule has 0 aromatic carbocycles. The van der Waals surface area contributed by atoms with Gasteiger partial charge in [0.15, 0.2) is 5.90 Å². The zero-order valence-electron chi connectivity index (χ0n) is 10.7. The van der Waals surface area contributed by atoms with Crippen LogP contribution >= 0.6 is 0 Å². The lowest BCUT2D eigenvalue weighted by Gasteiger charge is -2.39. The molecule has 0 bridgehead atoms. The molecular formula is C12H19NO4. The lowest BCUT2D eigenvalue weighted by atomic mass is 9.83. The Bertz CT molecular complexity index is 341. The Morgan fingerprint density at radius 2 is 2.12 bits per heavy atom. The first-order valence-corrected chi connectivity index (χ1v) is 5.99. The summed E-state index contributed by atoms with van der Waals surface area (Å²) in [6.07, 6.45) is -0.432. The molecule has 0 amide bonds. The summed E-state index contributed by atoms with van der Waals surface area (Å²) in [5, 5.41) is 0. The lowest BCUT2D eigenvalue weighted by Crippen LogP contribution is -2.49. The van der Waals surface area contributed by atoms with Crippen molar-refractivity contribution >= 4 is 11.9 Å². The number of ether oxygens (including phenoxy) is 3. The van der Waals surface area contributed by atoms with E-state index < -0.39 is 0 Å². The molecule has 2 aliphatic rings. The smallest absolute Gasteiger partial charge is 0.302 e. The molecule has 0 N–H and O–H groups in total. The van der Waals surface area contributed by atoms with E-state index in [1.807, 2.05) is 6.92 Å². The maximum absolute atomic E-state index is 10.8. The average Bonchev–Trinajstić information content (AvgIpc) is 2.62. The Morgan fingerprint density at radius 1 is 1.41 bits per heavy atom. The number of nitrogens with zero attached hydrogens (tertiary/aromatic N) is 1. The number of fused-ring (bicyclic) bond motifs is 1. The maximum atomic E-state index is 10.8. The Balaban J connectivity index is 2.01. The van der Waals surface area contributed by atoms with E-state index in [4.69, 9.17) is 14.2 Å². The van der Waals surface area contributed by atoms with Crippen LogP contribution in [0.3, 0.4) is 0 Å². The lowest BCUT2D eigenvalue weighted by molar-refractivity contribution is -0.202. The average molecular weight is 241 g/mol. The van der Waals surface area contributed by atoms with E-state index in [-0.39, 0.29) is 36.9 Å². The summed E-state index contributed by atoms with van der Waals surface area (Å²) in [7, 11) is 0. The topological polar surface area (TPSA) is 57.1 Å². The molecule has 5 nitrogen and oxygen atoms in total. The van der Waals surface area contributed by atoms with Gasteiger partial charge >= 0.3 is 5.97 Å². The Hall–Kier alpha value is -1.10. The third kappa shape index (κ3) is 2.44. The van der Waals surface area contributed by atoms with Crippen LogP contribution in [-0.4, -0.2) is 36.9 Å². The van der Waals surface area contributed by atoms with Crippen LogP contribution in [0, 0.1) is 11.8 Å². The van der Waals surface area contributed by atoms with Crippen molar-refractivity contribution < 1.29 is 19.0 Å². The van der Waals surface area contributed by atoms with Gasteiger partial charge in [-0.1, -0.05) is 13.8 Å². The van der Waals surface area contributed by atoms with Gasteiger partial charge in [0.25, 0.3) is 0 Å². The van der Waals surface area contributed by atoms with Gasteiger partial charge in [0.1, 0.15) is 12.6 Å². The molecule has 2 unspecified atom stereocenters. The van der Waals surface area contributed by atoms with Crippen molar-refractivity contribution in [2.45, 2.75) is 46.1 Å². The van der Waals surface area contributed by atoms with Crippen molar-refractivity contribution in [3.8, 4) is 0 Å². The van der Waals surface area contributed by atoms with E-state index in [9.17, 15) is 4.79 Å². The third-order valence-corrected chi connectivity index (χ3v) is 3.61. The molecule has 0 radical (unpaired) electrons. The second-order valence-corrected chi connectivity index (χ2v) is 4.82. The second kappa shape index (κ2) is 4.64. The summed E-state index contributed by atoms with van der Waals surface area (Å²) in [6.45, 7) is 7.75. The van der Waals surface area contributed by atoms with Crippen molar-refractivity contribution in [3.63, 3.8) is 0 Å². The molecule has 17 heavy (non-hydrogen) atoms. The molecule has 2 heterocycles. The Kier molecular flexibility index (Phi) is 3.38. The molecule has 5 heteroatoms. The molecule has 0 spiro atoms. The predicted molar refractivity (Wildman–Crippen MR) is 61.6 cm³/mol. The number of esters is 1. The molecule has 1 fully saturated rings. The minimum atomic E-state index is -0.318. The molecule has 0 aliphatic carbocycles. The van der Waals surface area contributed by atoms with Crippen molar-refractivity contribution in [3.05, 3.63) is 0 Å². The van der Waals surface area contributed by atoms with Gasteiger partial charge in [-0.3, -0.25) is 4.79 Å². The van der Waals surface area contributed by atoms with Crippen LogP contribution in [0.4, 0.5) is 0 Å². The fourth-order valence-electron chi connectivity index (χ4n) is 2.35. The van der Waals surface area contributed by atoms with Crippen molar-refractivity contribution in [2.24, 2.45) is 16.8 Å². The fraction of sp³-hybridized carbons (Fsp3) is 0.833. The molecule has 0 aromatic rings. The number of carbonyl (C=O) groups is 1. The monoisotopic (exact) mass is 241 g/mol. The summed E-state index contributed by atoms with van der Waals surface area (Å²) < 4.78 is 16.3. The van der Waals surface area contributed by atoms with Crippen LogP contribution in [0.25, 0.3) is 0 Å². The van der Waals surface area contributed by atoms with E-state index in [2.05, 4.69) is 18.8 Å². The highest BCUT2D eigenvalue weighted by Gasteiger charge is 2.45. The highest BCUT2D eigenvalue weighted by Crippen LogP contribution is 2.36. The minimum Gasteiger partial charge on any atom is -0.463 e. The van der Waals surface area contributed by atoms with E-state index in [0.717, 1.165) is 0 Å². The maximum Gasteiger partial charge on any atom is 0.302 e. The van der Waals surface area contributed by atoms with Crippen molar-refractivity contribution in [2.75, 3.05) is 6.61 Å². The van der Waals surface area contributed by atoms with Crippen LogP contribution in [0.5, 0.6) is 0 Å². The molecule has 96 valence electrons. The fourth-order valence-corrected chi connectivity index (χ4v) is 2.35. The van der Waals surface area contributed by atoms with E-state index in [0.29, 0.717) is 11.8 Å². The standard InChI is InChI=1S/C12H19NO4/c1-6-7(2)11-12(16-8(3)13-11)17-10(6)5-15-9(4)14/h6-7,10-12H,5H2,1-4H3/t6-,7-,10?,11?,12+/m0/s1. The highest BCUT2D eigenvalue weighted by atomic mass is 16.7. The van der Waals surface area contributed by atoms with E-state index in [1.54, 1.807) is 0 Å². The predicted octanol–water partition coefficient (Wildman–Crippen LogP) is 1.36. The van der Waals surface area contributed by atoms with Gasteiger partial charge in [0.2, 0.25) is 6.29 Å². The number of hydrogen-bond donors (Lipinski definition) is 0. The molecule has 5 atom stereocenters. The number of hydrogen-bond acceptors (Lipinski definition) is 5. The molecular weight excluding hydrogens is 222 g/mol. The quantitative estimate of drug-likeness (QED) is 0.685.